The Morgan fingerprint density at radius 2 is 1.89 bits per heavy atom. The third-order valence-electron chi connectivity index (χ3n) is 3.23. The quantitative estimate of drug-likeness (QED) is 0.778. The summed E-state index contributed by atoms with van der Waals surface area (Å²) in [4.78, 5) is 11.9. The number of rotatable bonds is 7. The van der Waals surface area contributed by atoms with E-state index in [2.05, 4.69) is 19.2 Å². The largest absolute Gasteiger partial charge is 0.371 e. The summed E-state index contributed by atoms with van der Waals surface area (Å²) in [5.74, 6) is -0.257. The lowest BCUT2D eigenvalue weighted by atomic mass is 9.87. The second-order valence-corrected chi connectivity index (χ2v) is 4.94. The fraction of sp³-hybridized carbons (Fsp3) is 0.533. The predicted molar refractivity (Wildman–Crippen MR) is 76.5 cm³/mol. The van der Waals surface area contributed by atoms with Crippen LogP contribution in [0.3, 0.4) is 0 Å². The lowest BCUT2D eigenvalue weighted by Crippen LogP contribution is -2.50. The van der Waals surface area contributed by atoms with Crippen LogP contribution < -0.4 is 11.1 Å². The van der Waals surface area contributed by atoms with E-state index < -0.39 is 5.54 Å². The standard InChI is InChI=1S/C15H24N2O/c1-4-9-15(10-5-2,14(16)18)17-13-8-6-7-12(3)11-13/h6-8,11,17H,4-5,9-10H2,1-3H3,(H2,16,18). The maximum Gasteiger partial charge on any atom is 0.243 e. The van der Waals surface area contributed by atoms with Crippen LogP contribution in [0.1, 0.15) is 45.1 Å². The Kier molecular flexibility index (Phi) is 5.20. The molecule has 100 valence electrons. The molecule has 1 aromatic carbocycles. The maximum atomic E-state index is 11.9. The zero-order valence-electron chi connectivity index (χ0n) is 11.6. The third kappa shape index (κ3) is 3.49. The molecule has 1 rings (SSSR count). The zero-order chi connectivity index (χ0) is 13.6. The average Bonchev–Trinajstić information content (AvgIpc) is 2.29. The summed E-state index contributed by atoms with van der Waals surface area (Å²) in [6.45, 7) is 6.19. The number of anilines is 1. The number of hydrogen-bond acceptors (Lipinski definition) is 2. The van der Waals surface area contributed by atoms with E-state index in [-0.39, 0.29) is 5.91 Å². The first-order valence-electron chi connectivity index (χ1n) is 6.69. The highest BCUT2D eigenvalue weighted by atomic mass is 16.1. The predicted octanol–water partition coefficient (Wildman–Crippen LogP) is 3.23. The smallest absolute Gasteiger partial charge is 0.243 e. The maximum absolute atomic E-state index is 11.9. The Morgan fingerprint density at radius 1 is 1.28 bits per heavy atom. The summed E-state index contributed by atoms with van der Waals surface area (Å²) in [6.07, 6.45) is 3.40. The molecule has 0 radical (unpaired) electrons. The summed E-state index contributed by atoms with van der Waals surface area (Å²) in [5.41, 5.74) is 7.16. The van der Waals surface area contributed by atoms with Crippen LogP contribution in [-0.2, 0) is 4.79 Å². The van der Waals surface area contributed by atoms with Crippen LogP contribution in [0.2, 0.25) is 0 Å². The summed E-state index contributed by atoms with van der Waals surface area (Å²) >= 11 is 0. The molecule has 0 atom stereocenters. The molecule has 3 N–H and O–H groups in total. The van der Waals surface area contributed by atoms with Gasteiger partial charge >= 0.3 is 0 Å². The molecule has 1 amide bonds. The van der Waals surface area contributed by atoms with Gasteiger partial charge in [0.05, 0.1) is 0 Å². The van der Waals surface area contributed by atoms with Crippen LogP contribution in [-0.4, -0.2) is 11.4 Å². The monoisotopic (exact) mass is 248 g/mol. The van der Waals surface area contributed by atoms with Gasteiger partial charge in [-0.05, 0) is 37.5 Å². The van der Waals surface area contributed by atoms with Crippen molar-refractivity contribution >= 4 is 11.6 Å². The molecule has 3 heteroatoms. The average molecular weight is 248 g/mol. The number of benzene rings is 1. The van der Waals surface area contributed by atoms with Crippen LogP contribution in [0.5, 0.6) is 0 Å². The van der Waals surface area contributed by atoms with Gasteiger partial charge in [0.15, 0.2) is 0 Å². The zero-order valence-corrected chi connectivity index (χ0v) is 11.6. The van der Waals surface area contributed by atoms with Crippen molar-refractivity contribution in [2.75, 3.05) is 5.32 Å². The number of hydrogen-bond donors (Lipinski definition) is 2. The lowest BCUT2D eigenvalue weighted by Gasteiger charge is -2.32. The van der Waals surface area contributed by atoms with E-state index in [0.717, 1.165) is 31.4 Å². The van der Waals surface area contributed by atoms with Crippen molar-refractivity contribution in [1.82, 2.24) is 0 Å². The molecule has 0 aliphatic carbocycles. The topological polar surface area (TPSA) is 55.1 Å². The second-order valence-electron chi connectivity index (χ2n) is 4.94. The molecule has 0 saturated heterocycles. The van der Waals surface area contributed by atoms with Gasteiger partial charge in [-0.3, -0.25) is 4.79 Å². The van der Waals surface area contributed by atoms with Crippen LogP contribution in [0.25, 0.3) is 0 Å². The highest BCUT2D eigenvalue weighted by molar-refractivity contribution is 5.88. The Labute approximate surface area is 110 Å². The molecule has 0 spiro atoms. The number of amides is 1. The van der Waals surface area contributed by atoms with Crippen LogP contribution >= 0.6 is 0 Å². The first-order chi connectivity index (χ1) is 8.54. The van der Waals surface area contributed by atoms with E-state index >= 15 is 0 Å². The van der Waals surface area contributed by atoms with Gasteiger partial charge < -0.3 is 11.1 Å². The van der Waals surface area contributed by atoms with Crippen molar-refractivity contribution < 1.29 is 4.79 Å². The summed E-state index contributed by atoms with van der Waals surface area (Å²) in [5, 5.41) is 3.36. The van der Waals surface area contributed by atoms with Gasteiger partial charge in [-0.1, -0.05) is 38.8 Å². The van der Waals surface area contributed by atoms with E-state index in [9.17, 15) is 4.79 Å². The fourth-order valence-corrected chi connectivity index (χ4v) is 2.41. The van der Waals surface area contributed by atoms with Gasteiger partial charge in [0, 0.05) is 5.69 Å². The number of nitrogens with one attached hydrogen (secondary N) is 1. The number of nitrogens with two attached hydrogens (primary N) is 1. The number of carbonyl (C=O) groups excluding carboxylic acids is 1. The molecule has 0 aliphatic rings. The lowest BCUT2D eigenvalue weighted by molar-refractivity contribution is -0.122. The van der Waals surface area contributed by atoms with Gasteiger partial charge in [0.25, 0.3) is 0 Å². The molecule has 0 heterocycles. The van der Waals surface area contributed by atoms with E-state index in [0.29, 0.717) is 0 Å². The number of aryl methyl sites for hydroxylation is 1. The minimum Gasteiger partial charge on any atom is -0.371 e. The van der Waals surface area contributed by atoms with E-state index in [1.807, 2.05) is 31.2 Å². The molecule has 0 saturated carbocycles. The number of primary amides is 1. The minimum atomic E-state index is -0.614. The summed E-state index contributed by atoms with van der Waals surface area (Å²) < 4.78 is 0. The van der Waals surface area contributed by atoms with E-state index in [1.54, 1.807) is 0 Å². The minimum absolute atomic E-state index is 0.257. The van der Waals surface area contributed by atoms with Gasteiger partial charge in [-0.15, -0.1) is 0 Å². The van der Waals surface area contributed by atoms with Crippen molar-refractivity contribution in [3.63, 3.8) is 0 Å². The first kappa shape index (κ1) is 14.6. The Morgan fingerprint density at radius 3 is 2.33 bits per heavy atom. The Bertz CT molecular complexity index is 395. The van der Waals surface area contributed by atoms with Gasteiger partial charge in [-0.2, -0.15) is 0 Å². The first-order valence-corrected chi connectivity index (χ1v) is 6.69. The molecule has 0 unspecified atom stereocenters. The molecule has 0 bridgehead atoms. The molecule has 3 nitrogen and oxygen atoms in total. The summed E-state index contributed by atoms with van der Waals surface area (Å²) in [7, 11) is 0. The number of carbonyl (C=O) groups is 1. The Balaban J connectivity index is 2.99. The molecular formula is C15H24N2O. The van der Waals surface area contributed by atoms with Crippen LogP contribution in [0.15, 0.2) is 24.3 Å². The van der Waals surface area contributed by atoms with Crippen molar-refractivity contribution in [2.45, 2.75) is 52.0 Å². The van der Waals surface area contributed by atoms with Crippen molar-refractivity contribution in [2.24, 2.45) is 5.73 Å². The van der Waals surface area contributed by atoms with Crippen molar-refractivity contribution in [1.29, 1.82) is 0 Å². The molecular weight excluding hydrogens is 224 g/mol. The molecule has 0 fully saturated rings. The normalized spacial score (nSPS) is 11.3. The highest BCUT2D eigenvalue weighted by Gasteiger charge is 2.34. The van der Waals surface area contributed by atoms with Crippen molar-refractivity contribution in [3.05, 3.63) is 29.8 Å². The summed E-state index contributed by atoms with van der Waals surface area (Å²) in [6, 6.07) is 8.05. The fourth-order valence-electron chi connectivity index (χ4n) is 2.41. The second kappa shape index (κ2) is 6.43. The SMILES string of the molecule is CCCC(CCC)(Nc1cccc(C)c1)C(N)=O. The molecule has 1 aromatic rings. The van der Waals surface area contributed by atoms with Crippen LogP contribution in [0, 0.1) is 6.92 Å². The Hall–Kier alpha value is -1.51. The molecule has 0 aromatic heterocycles. The van der Waals surface area contributed by atoms with Gasteiger partial charge in [0.2, 0.25) is 5.91 Å². The van der Waals surface area contributed by atoms with Crippen LogP contribution in [0.4, 0.5) is 5.69 Å². The third-order valence-corrected chi connectivity index (χ3v) is 3.23. The van der Waals surface area contributed by atoms with Gasteiger partial charge in [-0.25, -0.2) is 0 Å². The molecule has 18 heavy (non-hydrogen) atoms. The van der Waals surface area contributed by atoms with Gasteiger partial charge in [0.1, 0.15) is 5.54 Å². The molecule has 0 aliphatic heterocycles. The highest BCUT2D eigenvalue weighted by Crippen LogP contribution is 2.25. The van der Waals surface area contributed by atoms with Crippen molar-refractivity contribution in [3.8, 4) is 0 Å². The van der Waals surface area contributed by atoms with E-state index in [4.69, 9.17) is 5.73 Å². The van der Waals surface area contributed by atoms with E-state index in [1.165, 1.54) is 5.56 Å².